The number of rotatable bonds is 2. The Morgan fingerprint density at radius 1 is 1.35 bits per heavy atom. The van der Waals surface area contributed by atoms with Gasteiger partial charge in [-0.3, -0.25) is 14.9 Å². The van der Waals surface area contributed by atoms with Gasteiger partial charge in [0.15, 0.2) is 0 Å². The second-order valence-corrected chi connectivity index (χ2v) is 5.27. The summed E-state index contributed by atoms with van der Waals surface area (Å²) in [7, 11) is 0. The van der Waals surface area contributed by atoms with Crippen molar-refractivity contribution in [2.75, 3.05) is 31.4 Å². The monoisotopic (exact) mass is 277 g/mol. The van der Waals surface area contributed by atoms with E-state index in [0.29, 0.717) is 18.7 Å². The average Bonchev–Trinajstić information content (AvgIpc) is 2.46. The quantitative estimate of drug-likeness (QED) is 0.751. The average molecular weight is 277 g/mol. The molecule has 1 amide bonds. The summed E-state index contributed by atoms with van der Waals surface area (Å²) in [6, 6.07) is 5.14. The molecule has 2 aliphatic rings. The smallest absolute Gasteiger partial charge is 0.267 e. The van der Waals surface area contributed by atoms with Crippen molar-refractivity contribution in [1.82, 2.24) is 4.90 Å². The summed E-state index contributed by atoms with van der Waals surface area (Å²) < 4.78 is 5.33. The fraction of sp³-hybridized carbons (Fsp3) is 0.500. The number of amides is 1. The summed E-state index contributed by atoms with van der Waals surface area (Å²) in [4.78, 5) is 14.1. The van der Waals surface area contributed by atoms with Crippen molar-refractivity contribution in [2.45, 2.75) is 19.0 Å². The molecule has 1 aromatic rings. The number of nitrogens with two attached hydrogens (primary N) is 1. The van der Waals surface area contributed by atoms with Gasteiger partial charge in [0.25, 0.3) is 5.91 Å². The molecule has 1 fully saturated rings. The lowest BCUT2D eigenvalue weighted by molar-refractivity contribution is -0.125. The first-order chi connectivity index (χ1) is 9.66. The van der Waals surface area contributed by atoms with E-state index >= 15 is 0 Å². The number of hydroxylamine groups is 1. The minimum absolute atomic E-state index is 0.438. The highest BCUT2D eigenvalue weighted by Crippen LogP contribution is 2.31. The zero-order chi connectivity index (χ0) is 14.1. The van der Waals surface area contributed by atoms with Gasteiger partial charge in [0.05, 0.1) is 24.9 Å². The van der Waals surface area contributed by atoms with Crippen molar-refractivity contribution in [2.24, 2.45) is 5.73 Å². The largest absolute Gasteiger partial charge is 0.379 e. The van der Waals surface area contributed by atoms with Crippen molar-refractivity contribution < 1.29 is 14.7 Å². The lowest BCUT2D eigenvalue weighted by Crippen LogP contribution is -2.48. The molecular formula is C14H19N3O3. The van der Waals surface area contributed by atoms with Crippen LogP contribution in [0.5, 0.6) is 0 Å². The molecule has 1 atom stereocenters. The fourth-order valence-electron chi connectivity index (χ4n) is 2.80. The normalized spacial score (nSPS) is 23.8. The van der Waals surface area contributed by atoms with Crippen LogP contribution in [0.25, 0.3) is 0 Å². The molecule has 2 aliphatic heterocycles. The molecular weight excluding hydrogens is 258 g/mol. The molecule has 1 saturated heterocycles. The molecule has 3 rings (SSSR count). The van der Waals surface area contributed by atoms with Crippen LogP contribution < -0.4 is 10.8 Å². The van der Waals surface area contributed by atoms with E-state index in [-0.39, 0.29) is 0 Å². The van der Waals surface area contributed by atoms with E-state index in [4.69, 9.17) is 10.5 Å². The lowest BCUT2D eigenvalue weighted by atomic mass is 9.95. The van der Waals surface area contributed by atoms with Crippen molar-refractivity contribution >= 4 is 11.6 Å². The molecule has 6 heteroatoms. The number of anilines is 1. The Bertz CT molecular complexity index is 514. The van der Waals surface area contributed by atoms with Crippen LogP contribution in [-0.4, -0.2) is 48.4 Å². The number of ether oxygens (including phenoxy) is 1. The Kier molecular flexibility index (Phi) is 3.71. The minimum atomic E-state index is -0.661. The number of fused-ring (bicyclic) bond motifs is 1. The third-order valence-corrected chi connectivity index (χ3v) is 3.88. The van der Waals surface area contributed by atoms with Crippen LogP contribution in [0.2, 0.25) is 0 Å². The second-order valence-electron chi connectivity index (χ2n) is 5.27. The van der Waals surface area contributed by atoms with Crippen molar-refractivity contribution in [3.8, 4) is 0 Å². The predicted molar refractivity (Wildman–Crippen MR) is 73.5 cm³/mol. The first kappa shape index (κ1) is 13.5. The number of benzene rings is 1. The van der Waals surface area contributed by atoms with E-state index in [1.165, 1.54) is 0 Å². The third-order valence-electron chi connectivity index (χ3n) is 3.88. The Hall–Kier alpha value is -1.47. The molecule has 0 radical (unpaired) electrons. The number of carbonyl (C=O) groups is 1. The summed E-state index contributed by atoms with van der Waals surface area (Å²) in [5.41, 5.74) is 8.21. The summed E-state index contributed by atoms with van der Waals surface area (Å²) in [5, 5.41) is 10.8. The van der Waals surface area contributed by atoms with Crippen LogP contribution in [0.4, 0.5) is 5.69 Å². The molecule has 0 aliphatic carbocycles. The maximum absolute atomic E-state index is 11.8. The first-order valence-electron chi connectivity index (χ1n) is 6.86. The Morgan fingerprint density at radius 2 is 2.10 bits per heavy atom. The van der Waals surface area contributed by atoms with Gasteiger partial charge in [0.1, 0.15) is 0 Å². The molecule has 0 saturated carbocycles. The highest BCUT2D eigenvalue weighted by molar-refractivity contribution is 5.98. The predicted octanol–water partition coefficient (Wildman–Crippen LogP) is 0.124. The number of hydrogen-bond acceptors (Lipinski definition) is 5. The molecule has 0 spiro atoms. The van der Waals surface area contributed by atoms with Gasteiger partial charge in [-0.1, -0.05) is 18.2 Å². The molecule has 2 heterocycles. The van der Waals surface area contributed by atoms with Gasteiger partial charge < -0.3 is 10.5 Å². The van der Waals surface area contributed by atoms with E-state index in [1.54, 1.807) is 0 Å². The van der Waals surface area contributed by atoms with Crippen molar-refractivity contribution in [3.63, 3.8) is 0 Å². The Balaban J connectivity index is 1.89. The van der Waals surface area contributed by atoms with Gasteiger partial charge in [-0.05, 0) is 17.5 Å². The van der Waals surface area contributed by atoms with Gasteiger partial charge in [0, 0.05) is 19.6 Å². The van der Waals surface area contributed by atoms with Crippen LogP contribution in [0.15, 0.2) is 18.2 Å². The topological polar surface area (TPSA) is 79.0 Å². The Morgan fingerprint density at radius 3 is 2.85 bits per heavy atom. The highest BCUT2D eigenvalue weighted by atomic mass is 16.5. The number of morpholine rings is 1. The molecule has 3 N–H and O–H groups in total. The van der Waals surface area contributed by atoms with Crippen molar-refractivity contribution in [3.05, 3.63) is 29.3 Å². The molecule has 0 bridgehead atoms. The summed E-state index contributed by atoms with van der Waals surface area (Å²) in [6.07, 6.45) is 0.474. The molecule has 0 unspecified atom stereocenters. The van der Waals surface area contributed by atoms with Crippen LogP contribution in [0.1, 0.15) is 11.1 Å². The van der Waals surface area contributed by atoms with E-state index < -0.39 is 11.9 Å². The van der Waals surface area contributed by atoms with E-state index in [9.17, 15) is 10.0 Å². The van der Waals surface area contributed by atoms with Crippen LogP contribution in [-0.2, 0) is 22.5 Å². The minimum Gasteiger partial charge on any atom is -0.379 e. The van der Waals surface area contributed by atoms with Gasteiger partial charge >= 0.3 is 0 Å². The second kappa shape index (κ2) is 5.49. The molecule has 0 aromatic heterocycles. The van der Waals surface area contributed by atoms with Crippen molar-refractivity contribution in [1.29, 1.82) is 0 Å². The van der Waals surface area contributed by atoms with Gasteiger partial charge in [-0.2, -0.15) is 5.06 Å². The fourth-order valence-corrected chi connectivity index (χ4v) is 2.80. The third kappa shape index (κ3) is 2.43. The summed E-state index contributed by atoms with van der Waals surface area (Å²) >= 11 is 0. The zero-order valence-corrected chi connectivity index (χ0v) is 11.3. The maximum Gasteiger partial charge on any atom is 0.267 e. The maximum atomic E-state index is 11.8. The van der Waals surface area contributed by atoms with Gasteiger partial charge in [-0.25, -0.2) is 0 Å². The summed E-state index contributed by atoms with van der Waals surface area (Å²) in [6.45, 7) is 3.88. The number of para-hydroxylation sites is 1. The van der Waals surface area contributed by atoms with E-state index in [1.807, 2.05) is 18.2 Å². The molecule has 1 aromatic carbocycles. The number of nitrogens with zero attached hydrogens (tertiary/aromatic N) is 2. The number of carbonyl (C=O) groups excluding carboxylic acids is 1. The van der Waals surface area contributed by atoms with Crippen LogP contribution in [0.3, 0.4) is 0 Å². The SMILES string of the molecule is N[C@H]1Cc2cccc(CN3CCOCC3)c2N(O)C1=O. The zero-order valence-electron chi connectivity index (χ0n) is 11.3. The van der Waals surface area contributed by atoms with Crippen LogP contribution >= 0.6 is 0 Å². The van der Waals surface area contributed by atoms with Gasteiger partial charge in [-0.15, -0.1) is 0 Å². The Labute approximate surface area is 117 Å². The van der Waals surface area contributed by atoms with Gasteiger partial charge in [0.2, 0.25) is 0 Å². The van der Waals surface area contributed by atoms with E-state index in [2.05, 4.69) is 4.90 Å². The molecule has 6 nitrogen and oxygen atoms in total. The highest BCUT2D eigenvalue weighted by Gasteiger charge is 2.31. The lowest BCUT2D eigenvalue weighted by Gasteiger charge is -2.32. The summed E-state index contributed by atoms with van der Waals surface area (Å²) in [5.74, 6) is -0.438. The number of hydrogen-bond donors (Lipinski definition) is 2. The van der Waals surface area contributed by atoms with Crippen LogP contribution in [0, 0.1) is 0 Å². The molecule has 108 valence electrons. The molecule has 20 heavy (non-hydrogen) atoms. The standard InChI is InChI=1S/C14H19N3O3/c15-12-8-10-2-1-3-11(13(10)17(19)14(12)18)9-16-4-6-20-7-5-16/h1-3,12,19H,4-9,15H2/t12-/m0/s1. The van der Waals surface area contributed by atoms with E-state index in [0.717, 1.165) is 42.5 Å². The first-order valence-corrected chi connectivity index (χ1v) is 6.86.